The molecular weight excluding hydrogens is 405 g/mol. The number of hydrogen-bond donors (Lipinski definition) is 2. The van der Waals surface area contributed by atoms with Crippen LogP contribution in [0.2, 0.25) is 0 Å². The van der Waals surface area contributed by atoms with Crippen LogP contribution >= 0.6 is 0 Å². The van der Waals surface area contributed by atoms with E-state index in [4.69, 9.17) is 0 Å². The van der Waals surface area contributed by atoms with Gasteiger partial charge >= 0.3 is 12.2 Å². The van der Waals surface area contributed by atoms with E-state index in [0.717, 1.165) is 24.4 Å². The Morgan fingerprint density at radius 1 is 1.07 bits per heavy atom. The summed E-state index contributed by atoms with van der Waals surface area (Å²) < 4.78 is 38.8. The van der Waals surface area contributed by atoms with Crippen LogP contribution in [-0.2, 0) is 15.8 Å². The number of urea groups is 1. The minimum absolute atomic E-state index is 0.273. The molecule has 0 bridgehead atoms. The minimum atomic E-state index is -4.69. The van der Waals surface area contributed by atoms with Gasteiger partial charge in [0.25, 0.3) is 11.8 Å². The van der Waals surface area contributed by atoms with Crippen molar-refractivity contribution in [1.29, 1.82) is 0 Å². The first-order valence-corrected chi connectivity index (χ1v) is 8.43. The molecule has 1 aliphatic rings. The van der Waals surface area contributed by atoms with Gasteiger partial charge in [0, 0.05) is 11.8 Å². The fraction of sp³-hybridized carbons (Fsp3) is 0.105. The summed E-state index contributed by atoms with van der Waals surface area (Å²) in [5.74, 6) is -4.37. The number of carbonyl (C=O) groups excluding carboxylic acids is 4. The molecule has 1 aliphatic heterocycles. The fourth-order valence-electron chi connectivity index (χ4n) is 2.61. The van der Waals surface area contributed by atoms with Gasteiger partial charge in [0.1, 0.15) is 0 Å². The summed E-state index contributed by atoms with van der Waals surface area (Å²) in [5, 5.41) is 5.44. The Morgan fingerprint density at radius 2 is 1.77 bits per heavy atom. The molecule has 0 aliphatic carbocycles. The van der Waals surface area contributed by atoms with Crippen LogP contribution < -0.4 is 15.6 Å². The second-order valence-corrected chi connectivity index (χ2v) is 6.08. The molecule has 2 N–H and O–H groups in total. The summed E-state index contributed by atoms with van der Waals surface area (Å²) in [7, 11) is 0. The molecule has 0 radical (unpaired) electrons. The highest BCUT2D eigenvalue weighted by Crippen LogP contribution is 2.32. The van der Waals surface area contributed by atoms with E-state index < -0.39 is 41.4 Å². The van der Waals surface area contributed by atoms with E-state index in [9.17, 15) is 32.3 Å². The van der Waals surface area contributed by atoms with Gasteiger partial charge in [-0.25, -0.2) is 15.1 Å². The number of barbiturate groups is 1. The van der Waals surface area contributed by atoms with Crippen molar-refractivity contribution < 1.29 is 32.3 Å². The van der Waals surface area contributed by atoms with Crippen molar-refractivity contribution in [3.8, 4) is 0 Å². The van der Waals surface area contributed by atoms with Crippen molar-refractivity contribution in [2.45, 2.75) is 6.18 Å². The fourth-order valence-corrected chi connectivity index (χ4v) is 2.61. The Bertz CT molecular complexity index is 1040. The summed E-state index contributed by atoms with van der Waals surface area (Å²) in [6, 6.07) is 10.3. The van der Waals surface area contributed by atoms with E-state index in [0.29, 0.717) is 11.0 Å². The van der Waals surface area contributed by atoms with E-state index in [1.807, 2.05) is 5.32 Å². The van der Waals surface area contributed by atoms with Crippen LogP contribution in [0, 0.1) is 5.92 Å². The molecule has 8 nitrogen and oxygen atoms in total. The number of halogens is 3. The first-order valence-electron chi connectivity index (χ1n) is 8.43. The molecule has 0 unspecified atom stereocenters. The lowest BCUT2D eigenvalue weighted by atomic mass is 10.1. The van der Waals surface area contributed by atoms with Gasteiger partial charge in [-0.2, -0.15) is 18.3 Å². The Kier molecular flexibility index (Phi) is 5.63. The molecule has 0 spiro atoms. The Hall–Kier alpha value is -4.02. The SMILES string of the molecule is O=C(N/N=C\[C@H]1C(=O)NC(=O)N(c2cccc(C(F)(F)F)c2)C1=O)c1ccccc1. The number of nitrogens with zero attached hydrogens (tertiary/aromatic N) is 2. The number of hydrazone groups is 1. The quantitative estimate of drug-likeness (QED) is 0.451. The van der Waals surface area contributed by atoms with E-state index in [2.05, 4.69) is 10.5 Å². The van der Waals surface area contributed by atoms with Crippen molar-refractivity contribution in [1.82, 2.24) is 10.7 Å². The van der Waals surface area contributed by atoms with Crippen LogP contribution in [0.4, 0.5) is 23.7 Å². The predicted octanol–water partition coefficient (Wildman–Crippen LogP) is 2.32. The molecule has 2 aromatic carbocycles. The standard InChI is InChI=1S/C19H13F3N4O4/c20-19(21,22)12-7-4-8-13(9-12)26-17(29)14(16(28)24-18(26)30)10-23-25-15(27)11-5-2-1-3-6-11/h1-10,14H,(H,25,27)(H,24,28,30)/b23-10-/t14-/m0/s1. The smallest absolute Gasteiger partial charge is 0.276 e. The molecule has 0 aromatic heterocycles. The molecule has 1 fully saturated rings. The Balaban J connectivity index is 1.80. The minimum Gasteiger partial charge on any atom is -0.276 e. The molecular formula is C19H13F3N4O4. The number of imide groups is 2. The second-order valence-electron chi connectivity index (χ2n) is 6.08. The van der Waals surface area contributed by atoms with Gasteiger partial charge in [-0.05, 0) is 30.3 Å². The first-order chi connectivity index (χ1) is 14.2. The highest BCUT2D eigenvalue weighted by molar-refractivity contribution is 6.32. The first kappa shape index (κ1) is 20.7. The molecule has 154 valence electrons. The number of carbonyl (C=O) groups is 4. The van der Waals surface area contributed by atoms with Crippen LogP contribution in [0.1, 0.15) is 15.9 Å². The van der Waals surface area contributed by atoms with Crippen molar-refractivity contribution in [3.05, 3.63) is 65.7 Å². The number of rotatable bonds is 4. The summed E-state index contributed by atoms with van der Waals surface area (Å²) in [6.45, 7) is 0. The molecule has 5 amide bonds. The van der Waals surface area contributed by atoms with Crippen molar-refractivity contribution >= 4 is 35.7 Å². The topological polar surface area (TPSA) is 108 Å². The van der Waals surface area contributed by atoms with Gasteiger partial charge in [-0.1, -0.05) is 24.3 Å². The molecule has 11 heteroatoms. The normalized spacial score (nSPS) is 17.2. The number of alkyl halides is 3. The number of nitrogens with one attached hydrogen (secondary N) is 2. The van der Waals surface area contributed by atoms with Gasteiger partial charge < -0.3 is 0 Å². The maximum atomic E-state index is 12.9. The summed E-state index contributed by atoms with van der Waals surface area (Å²) in [5.41, 5.74) is 0.961. The van der Waals surface area contributed by atoms with Crippen LogP contribution in [0.15, 0.2) is 59.7 Å². The predicted molar refractivity (Wildman–Crippen MR) is 98.4 cm³/mol. The Morgan fingerprint density at radius 3 is 2.43 bits per heavy atom. The Labute approximate surface area is 167 Å². The molecule has 0 saturated carbocycles. The van der Waals surface area contributed by atoms with Gasteiger partial charge in [-0.15, -0.1) is 0 Å². The third-order valence-electron chi connectivity index (χ3n) is 4.06. The van der Waals surface area contributed by atoms with Gasteiger partial charge in [0.05, 0.1) is 11.3 Å². The maximum Gasteiger partial charge on any atom is 0.416 e. The van der Waals surface area contributed by atoms with E-state index >= 15 is 0 Å². The summed E-state index contributed by atoms with van der Waals surface area (Å²) in [6.07, 6.45) is -3.89. The molecule has 1 heterocycles. The van der Waals surface area contributed by atoms with Crippen LogP contribution in [0.5, 0.6) is 0 Å². The maximum absolute atomic E-state index is 12.9. The second kappa shape index (κ2) is 8.15. The largest absolute Gasteiger partial charge is 0.416 e. The van der Waals surface area contributed by atoms with Gasteiger partial charge in [0.15, 0.2) is 5.92 Å². The average molecular weight is 418 g/mol. The third kappa shape index (κ3) is 4.35. The summed E-state index contributed by atoms with van der Waals surface area (Å²) in [4.78, 5) is 49.0. The highest BCUT2D eigenvalue weighted by atomic mass is 19.4. The van der Waals surface area contributed by atoms with Crippen molar-refractivity contribution in [2.75, 3.05) is 4.90 Å². The molecule has 30 heavy (non-hydrogen) atoms. The number of anilines is 1. The number of amides is 5. The van der Waals surface area contributed by atoms with Gasteiger partial charge in [-0.3, -0.25) is 19.7 Å². The van der Waals surface area contributed by atoms with Crippen LogP contribution in [-0.4, -0.2) is 30.0 Å². The zero-order chi connectivity index (χ0) is 21.9. The van der Waals surface area contributed by atoms with E-state index in [1.54, 1.807) is 18.2 Å². The van der Waals surface area contributed by atoms with E-state index in [-0.39, 0.29) is 11.3 Å². The molecule has 1 atom stereocenters. The van der Waals surface area contributed by atoms with Crippen molar-refractivity contribution in [3.63, 3.8) is 0 Å². The lowest BCUT2D eigenvalue weighted by Crippen LogP contribution is -2.58. The number of benzene rings is 2. The molecule has 2 aromatic rings. The van der Waals surface area contributed by atoms with Crippen molar-refractivity contribution in [2.24, 2.45) is 11.0 Å². The van der Waals surface area contributed by atoms with Gasteiger partial charge in [0.2, 0.25) is 5.91 Å². The molecule has 3 rings (SSSR count). The number of hydrogen-bond acceptors (Lipinski definition) is 5. The van der Waals surface area contributed by atoms with E-state index in [1.165, 1.54) is 12.1 Å². The summed E-state index contributed by atoms with van der Waals surface area (Å²) >= 11 is 0. The third-order valence-corrected chi connectivity index (χ3v) is 4.06. The zero-order valence-corrected chi connectivity index (χ0v) is 15.0. The zero-order valence-electron chi connectivity index (χ0n) is 15.0. The van der Waals surface area contributed by atoms with Crippen LogP contribution in [0.3, 0.4) is 0 Å². The lowest BCUT2D eigenvalue weighted by Gasteiger charge is -2.28. The average Bonchev–Trinajstić information content (AvgIpc) is 2.70. The highest BCUT2D eigenvalue weighted by Gasteiger charge is 2.41. The van der Waals surface area contributed by atoms with Crippen LogP contribution in [0.25, 0.3) is 0 Å². The molecule has 1 saturated heterocycles. The monoisotopic (exact) mass is 418 g/mol. The lowest BCUT2D eigenvalue weighted by molar-refractivity contribution is -0.138.